The molecule has 1 aromatic heterocycles. The van der Waals surface area contributed by atoms with E-state index in [-0.39, 0.29) is 0 Å². The number of nitrogens with zero attached hydrogens (tertiary/aromatic N) is 2. The molecule has 2 atom stereocenters. The number of hydrogen-bond acceptors (Lipinski definition) is 3. The fourth-order valence-corrected chi connectivity index (χ4v) is 2.74. The number of rotatable bonds is 2. The Morgan fingerprint density at radius 1 is 1.28 bits per heavy atom. The summed E-state index contributed by atoms with van der Waals surface area (Å²) in [6.45, 7) is 2.24. The summed E-state index contributed by atoms with van der Waals surface area (Å²) in [5.41, 5.74) is 3.75. The first kappa shape index (κ1) is 11.2. The second-order valence-corrected chi connectivity index (χ2v) is 4.97. The normalized spacial score (nSPS) is 22.1. The van der Waals surface area contributed by atoms with Crippen molar-refractivity contribution in [3.8, 4) is 0 Å². The topological polar surface area (TPSA) is 37.8 Å². The fraction of sp³-hybridized carbons (Fsp3) is 0.333. The molecule has 0 spiro atoms. The summed E-state index contributed by atoms with van der Waals surface area (Å²) in [5.74, 6) is 0.536. The Labute approximate surface area is 107 Å². The molecular formula is C15H17N3. The van der Waals surface area contributed by atoms with E-state index in [1.807, 2.05) is 6.20 Å². The molecule has 0 saturated carbocycles. The summed E-state index contributed by atoms with van der Waals surface area (Å²) in [6, 6.07) is 9.09. The van der Waals surface area contributed by atoms with Crippen LogP contribution in [0.4, 0.5) is 5.69 Å². The van der Waals surface area contributed by atoms with Gasteiger partial charge in [0.25, 0.3) is 0 Å². The molecule has 3 rings (SSSR count). The molecular weight excluding hydrogens is 222 g/mol. The molecule has 0 bridgehead atoms. The average Bonchev–Trinajstić information content (AvgIpc) is 2.40. The molecule has 0 saturated heterocycles. The van der Waals surface area contributed by atoms with Crippen molar-refractivity contribution >= 4 is 5.69 Å². The molecule has 92 valence electrons. The summed E-state index contributed by atoms with van der Waals surface area (Å²) >= 11 is 0. The van der Waals surface area contributed by atoms with Crippen molar-refractivity contribution in [2.75, 3.05) is 5.32 Å². The second-order valence-electron chi connectivity index (χ2n) is 4.97. The number of anilines is 1. The van der Waals surface area contributed by atoms with E-state index in [0.29, 0.717) is 12.0 Å². The zero-order valence-electron chi connectivity index (χ0n) is 10.5. The smallest absolute Gasteiger partial charge is 0.0592 e. The van der Waals surface area contributed by atoms with E-state index in [0.717, 1.165) is 18.5 Å². The van der Waals surface area contributed by atoms with Gasteiger partial charge in [-0.1, -0.05) is 18.2 Å². The first-order valence-electron chi connectivity index (χ1n) is 6.43. The van der Waals surface area contributed by atoms with E-state index in [1.165, 1.54) is 11.3 Å². The van der Waals surface area contributed by atoms with E-state index >= 15 is 0 Å². The molecule has 1 aliphatic rings. The number of fused-ring (bicyclic) bond motifs is 1. The summed E-state index contributed by atoms with van der Waals surface area (Å²) in [4.78, 5) is 8.53. The summed E-state index contributed by atoms with van der Waals surface area (Å²) in [7, 11) is 0. The Hall–Kier alpha value is -1.90. The third-order valence-corrected chi connectivity index (χ3v) is 3.51. The van der Waals surface area contributed by atoms with Crippen LogP contribution in [-0.2, 0) is 6.42 Å². The molecule has 1 N–H and O–H groups in total. The molecule has 0 amide bonds. The summed E-state index contributed by atoms with van der Waals surface area (Å²) < 4.78 is 0. The van der Waals surface area contributed by atoms with E-state index in [2.05, 4.69) is 46.5 Å². The zero-order chi connectivity index (χ0) is 12.4. The van der Waals surface area contributed by atoms with Gasteiger partial charge in [0, 0.05) is 30.3 Å². The molecule has 1 aliphatic heterocycles. The van der Waals surface area contributed by atoms with Crippen LogP contribution >= 0.6 is 0 Å². The van der Waals surface area contributed by atoms with Crippen LogP contribution < -0.4 is 5.32 Å². The van der Waals surface area contributed by atoms with Gasteiger partial charge in [0.15, 0.2) is 0 Å². The van der Waals surface area contributed by atoms with Crippen LogP contribution in [0.25, 0.3) is 0 Å². The maximum Gasteiger partial charge on any atom is 0.0592 e. The molecule has 2 aromatic rings. The number of para-hydroxylation sites is 1. The van der Waals surface area contributed by atoms with Crippen LogP contribution in [0.3, 0.4) is 0 Å². The van der Waals surface area contributed by atoms with E-state index in [1.54, 1.807) is 12.4 Å². The third-order valence-electron chi connectivity index (χ3n) is 3.51. The lowest BCUT2D eigenvalue weighted by atomic mass is 9.84. The van der Waals surface area contributed by atoms with Gasteiger partial charge in [0.2, 0.25) is 0 Å². The van der Waals surface area contributed by atoms with E-state index in [9.17, 15) is 0 Å². The second kappa shape index (κ2) is 4.77. The minimum atomic E-state index is 0.515. The van der Waals surface area contributed by atoms with Crippen LogP contribution in [0, 0.1) is 0 Å². The zero-order valence-corrected chi connectivity index (χ0v) is 10.5. The first-order valence-corrected chi connectivity index (χ1v) is 6.43. The highest BCUT2D eigenvalue weighted by Crippen LogP contribution is 2.35. The third kappa shape index (κ3) is 2.21. The van der Waals surface area contributed by atoms with Crippen molar-refractivity contribution in [2.45, 2.75) is 31.7 Å². The minimum absolute atomic E-state index is 0.515. The molecule has 1 aromatic carbocycles. The number of benzene rings is 1. The lowest BCUT2D eigenvalue weighted by molar-refractivity contribution is 0.545. The van der Waals surface area contributed by atoms with Crippen molar-refractivity contribution in [3.05, 3.63) is 54.1 Å². The van der Waals surface area contributed by atoms with Crippen LogP contribution in [0.2, 0.25) is 0 Å². The Bertz CT molecular complexity index is 524. The Kier molecular flexibility index (Phi) is 2.97. The van der Waals surface area contributed by atoms with Gasteiger partial charge in [-0.2, -0.15) is 0 Å². The summed E-state index contributed by atoms with van der Waals surface area (Å²) in [6.07, 6.45) is 7.48. The van der Waals surface area contributed by atoms with Crippen molar-refractivity contribution in [3.63, 3.8) is 0 Å². The van der Waals surface area contributed by atoms with Crippen LogP contribution in [0.5, 0.6) is 0 Å². The molecule has 0 aliphatic carbocycles. The summed E-state index contributed by atoms with van der Waals surface area (Å²) in [5, 5.41) is 3.54. The van der Waals surface area contributed by atoms with Gasteiger partial charge in [0.1, 0.15) is 0 Å². The van der Waals surface area contributed by atoms with Crippen LogP contribution in [-0.4, -0.2) is 16.0 Å². The lowest BCUT2D eigenvalue weighted by Crippen LogP contribution is -2.26. The van der Waals surface area contributed by atoms with Crippen molar-refractivity contribution in [1.29, 1.82) is 0 Å². The predicted molar refractivity (Wildman–Crippen MR) is 72.6 cm³/mol. The van der Waals surface area contributed by atoms with E-state index in [4.69, 9.17) is 0 Å². The first-order chi connectivity index (χ1) is 8.83. The van der Waals surface area contributed by atoms with Gasteiger partial charge in [-0.15, -0.1) is 0 Å². The number of aromatic nitrogens is 2. The standard InChI is InChI=1S/C15H17N3/c1-11-8-12(9-13-10-16-6-7-17-13)14-4-2-3-5-15(14)18-11/h2-7,10-12,18H,8-9H2,1H3. The molecule has 2 heterocycles. The predicted octanol–water partition coefficient (Wildman–Crippen LogP) is 3.01. The van der Waals surface area contributed by atoms with Gasteiger partial charge in [-0.3, -0.25) is 9.97 Å². The van der Waals surface area contributed by atoms with Crippen molar-refractivity contribution in [2.24, 2.45) is 0 Å². The molecule has 3 nitrogen and oxygen atoms in total. The quantitative estimate of drug-likeness (QED) is 0.875. The largest absolute Gasteiger partial charge is 0.382 e. The van der Waals surface area contributed by atoms with Gasteiger partial charge in [-0.25, -0.2) is 0 Å². The molecule has 3 heteroatoms. The highest BCUT2D eigenvalue weighted by molar-refractivity contribution is 5.55. The molecule has 2 unspecified atom stereocenters. The maximum atomic E-state index is 4.39. The maximum absolute atomic E-state index is 4.39. The Morgan fingerprint density at radius 2 is 2.17 bits per heavy atom. The monoisotopic (exact) mass is 239 g/mol. The minimum Gasteiger partial charge on any atom is -0.382 e. The fourth-order valence-electron chi connectivity index (χ4n) is 2.74. The van der Waals surface area contributed by atoms with Gasteiger partial charge in [-0.05, 0) is 37.3 Å². The van der Waals surface area contributed by atoms with Gasteiger partial charge >= 0.3 is 0 Å². The molecule has 18 heavy (non-hydrogen) atoms. The van der Waals surface area contributed by atoms with E-state index < -0.39 is 0 Å². The number of hydrogen-bond donors (Lipinski definition) is 1. The van der Waals surface area contributed by atoms with Gasteiger partial charge in [0.05, 0.1) is 5.69 Å². The van der Waals surface area contributed by atoms with Crippen LogP contribution in [0.1, 0.15) is 30.5 Å². The van der Waals surface area contributed by atoms with Crippen molar-refractivity contribution < 1.29 is 0 Å². The Morgan fingerprint density at radius 3 is 3.00 bits per heavy atom. The highest BCUT2D eigenvalue weighted by Gasteiger charge is 2.24. The lowest BCUT2D eigenvalue weighted by Gasteiger charge is -2.31. The Balaban J connectivity index is 1.89. The SMILES string of the molecule is CC1CC(Cc2cnccn2)c2ccccc2N1. The van der Waals surface area contributed by atoms with Gasteiger partial charge < -0.3 is 5.32 Å². The highest BCUT2D eigenvalue weighted by atomic mass is 14.9. The number of nitrogens with one attached hydrogen (secondary N) is 1. The molecule has 0 fully saturated rings. The molecule has 0 radical (unpaired) electrons. The van der Waals surface area contributed by atoms with Crippen molar-refractivity contribution in [1.82, 2.24) is 9.97 Å². The average molecular weight is 239 g/mol. The van der Waals surface area contributed by atoms with Crippen LogP contribution in [0.15, 0.2) is 42.9 Å².